The van der Waals surface area contributed by atoms with Gasteiger partial charge in [0.2, 0.25) is 0 Å². The highest BCUT2D eigenvalue weighted by atomic mass is 16.3. The van der Waals surface area contributed by atoms with Crippen LogP contribution in [0.2, 0.25) is 0 Å². The standard InChI is InChI=1S/C20H19NO/c22-20(12-7-15-21-13-5-6-14-21)18-10-3-1-8-16(18)17-9-2-4-11-19(17)20/h1-4,8-11,22H,5-6,13-15H2. The van der Waals surface area contributed by atoms with Gasteiger partial charge in [-0.1, -0.05) is 60.4 Å². The predicted octanol–water partition coefficient (Wildman–Crippen LogP) is 3.00. The first-order valence-corrected chi connectivity index (χ1v) is 7.93. The van der Waals surface area contributed by atoms with E-state index in [4.69, 9.17) is 0 Å². The molecule has 0 amide bonds. The van der Waals surface area contributed by atoms with Gasteiger partial charge in [-0.2, -0.15) is 0 Å². The Morgan fingerprint density at radius 2 is 1.45 bits per heavy atom. The van der Waals surface area contributed by atoms with Crippen molar-refractivity contribution in [2.45, 2.75) is 18.4 Å². The summed E-state index contributed by atoms with van der Waals surface area (Å²) in [6, 6.07) is 16.1. The first-order valence-electron chi connectivity index (χ1n) is 7.93. The van der Waals surface area contributed by atoms with Gasteiger partial charge in [-0.15, -0.1) is 0 Å². The summed E-state index contributed by atoms with van der Waals surface area (Å²) in [5.74, 6) is 6.38. The first kappa shape index (κ1) is 13.6. The summed E-state index contributed by atoms with van der Waals surface area (Å²) in [6.45, 7) is 2.99. The molecule has 4 rings (SSSR count). The van der Waals surface area contributed by atoms with Crippen LogP contribution in [0.25, 0.3) is 11.1 Å². The number of fused-ring (bicyclic) bond motifs is 3. The number of likely N-dealkylation sites (tertiary alicyclic amines) is 1. The molecule has 0 radical (unpaired) electrons. The van der Waals surface area contributed by atoms with Gasteiger partial charge in [0.05, 0.1) is 6.54 Å². The normalized spacial score (nSPS) is 18.4. The highest BCUT2D eigenvalue weighted by Crippen LogP contribution is 2.46. The van der Waals surface area contributed by atoms with Gasteiger partial charge in [0.15, 0.2) is 5.60 Å². The molecule has 1 aliphatic carbocycles. The van der Waals surface area contributed by atoms with Gasteiger partial charge in [-0.05, 0) is 37.1 Å². The van der Waals surface area contributed by atoms with Crippen LogP contribution in [0, 0.1) is 11.8 Å². The summed E-state index contributed by atoms with van der Waals surface area (Å²) < 4.78 is 0. The SMILES string of the molecule is OC1(C#CCN2CCCC2)c2ccccc2-c2ccccc21. The monoisotopic (exact) mass is 289 g/mol. The van der Waals surface area contributed by atoms with Crippen LogP contribution in [0.3, 0.4) is 0 Å². The summed E-state index contributed by atoms with van der Waals surface area (Å²) in [4.78, 5) is 2.35. The Morgan fingerprint density at radius 1 is 0.909 bits per heavy atom. The number of hydrogen-bond donors (Lipinski definition) is 1. The van der Waals surface area contributed by atoms with Crippen molar-refractivity contribution in [1.29, 1.82) is 0 Å². The van der Waals surface area contributed by atoms with Crippen molar-refractivity contribution < 1.29 is 5.11 Å². The minimum atomic E-state index is -1.17. The average Bonchev–Trinajstić information content (AvgIpc) is 3.15. The van der Waals surface area contributed by atoms with Crippen LogP contribution >= 0.6 is 0 Å². The summed E-state index contributed by atoms with van der Waals surface area (Å²) >= 11 is 0. The molecule has 2 aliphatic rings. The Hall–Kier alpha value is -2.08. The number of hydrogen-bond acceptors (Lipinski definition) is 2. The molecule has 2 nitrogen and oxygen atoms in total. The lowest BCUT2D eigenvalue weighted by Crippen LogP contribution is -2.24. The molecule has 110 valence electrons. The fraction of sp³-hybridized carbons (Fsp3) is 0.300. The molecule has 0 bridgehead atoms. The molecule has 1 saturated heterocycles. The zero-order valence-electron chi connectivity index (χ0n) is 12.5. The molecule has 0 saturated carbocycles. The third-order valence-electron chi connectivity index (χ3n) is 4.69. The van der Waals surface area contributed by atoms with Crippen molar-refractivity contribution in [3.8, 4) is 23.0 Å². The second-order valence-corrected chi connectivity index (χ2v) is 6.09. The van der Waals surface area contributed by atoms with Gasteiger partial charge < -0.3 is 5.11 Å². The Labute approximate surface area is 131 Å². The number of rotatable bonds is 1. The van der Waals surface area contributed by atoms with Gasteiger partial charge in [0.1, 0.15) is 0 Å². The fourth-order valence-electron chi connectivity index (χ4n) is 3.57. The maximum absolute atomic E-state index is 11.3. The average molecular weight is 289 g/mol. The van der Waals surface area contributed by atoms with Crippen molar-refractivity contribution in [3.63, 3.8) is 0 Å². The third-order valence-corrected chi connectivity index (χ3v) is 4.69. The van der Waals surface area contributed by atoms with Gasteiger partial charge in [0, 0.05) is 11.1 Å². The molecule has 0 atom stereocenters. The van der Waals surface area contributed by atoms with Crippen molar-refractivity contribution >= 4 is 0 Å². The van der Waals surface area contributed by atoms with E-state index >= 15 is 0 Å². The number of aliphatic hydroxyl groups is 1. The van der Waals surface area contributed by atoms with Crippen LogP contribution in [-0.2, 0) is 5.60 Å². The number of benzene rings is 2. The van der Waals surface area contributed by atoms with Crippen LogP contribution in [0.5, 0.6) is 0 Å². The fourth-order valence-corrected chi connectivity index (χ4v) is 3.57. The summed E-state index contributed by atoms with van der Waals surface area (Å²) in [7, 11) is 0. The summed E-state index contributed by atoms with van der Waals surface area (Å²) in [5, 5.41) is 11.3. The lowest BCUT2D eigenvalue weighted by atomic mass is 9.92. The molecule has 2 aromatic rings. The second kappa shape index (κ2) is 5.28. The van der Waals surface area contributed by atoms with E-state index in [-0.39, 0.29) is 0 Å². The van der Waals surface area contributed by atoms with Crippen molar-refractivity contribution in [1.82, 2.24) is 4.90 Å². The Balaban J connectivity index is 1.75. The molecule has 0 aromatic heterocycles. The van der Waals surface area contributed by atoms with E-state index in [1.54, 1.807) is 0 Å². The molecule has 1 N–H and O–H groups in total. The molecule has 1 fully saturated rings. The maximum atomic E-state index is 11.3. The molecule has 1 heterocycles. The van der Waals surface area contributed by atoms with E-state index in [0.29, 0.717) is 0 Å². The van der Waals surface area contributed by atoms with Gasteiger partial charge in [-0.3, -0.25) is 4.90 Å². The minimum Gasteiger partial charge on any atom is -0.369 e. The van der Waals surface area contributed by atoms with E-state index in [9.17, 15) is 5.11 Å². The van der Waals surface area contributed by atoms with Gasteiger partial charge in [-0.25, -0.2) is 0 Å². The van der Waals surface area contributed by atoms with E-state index in [1.165, 1.54) is 12.8 Å². The Kier molecular flexibility index (Phi) is 3.26. The largest absolute Gasteiger partial charge is 0.369 e. The molecule has 0 unspecified atom stereocenters. The summed E-state index contributed by atoms with van der Waals surface area (Å²) in [5.41, 5.74) is 2.83. The lowest BCUT2D eigenvalue weighted by molar-refractivity contribution is 0.150. The first-order chi connectivity index (χ1) is 10.8. The van der Waals surface area contributed by atoms with E-state index in [2.05, 4.69) is 28.9 Å². The smallest absolute Gasteiger partial charge is 0.178 e. The van der Waals surface area contributed by atoms with E-state index in [1.807, 2.05) is 36.4 Å². The molecule has 2 aromatic carbocycles. The molecular formula is C20H19NO. The Morgan fingerprint density at radius 3 is 2.05 bits per heavy atom. The van der Waals surface area contributed by atoms with Crippen LogP contribution in [0.1, 0.15) is 24.0 Å². The van der Waals surface area contributed by atoms with Crippen LogP contribution in [0.15, 0.2) is 48.5 Å². The topological polar surface area (TPSA) is 23.5 Å². The van der Waals surface area contributed by atoms with Crippen molar-refractivity contribution in [2.24, 2.45) is 0 Å². The zero-order valence-corrected chi connectivity index (χ0v) is 12.5. The summed E-state index contributed by atoms with van der Waals surface area (Å²) in [6.07, 6.45) is 2.52. The van der Waals surface area contributed by atoms with Gasteiger partial charge in [0.25, 0.3) is 0 Å². The highest BCUT2D eigenvalue weighted by Gasteiger charge is 2.39. The lowest BCUT2D eigenvalue weighted by Gasteiger charge is -2.19. The molecule has 22 heavy (non-hydrogen) atoms. The second-order valence-electron chi connectivity index (χ2n) is 6.09. The van der Waals surface area contributed by atoms with E-state index < -0.39 is 5.60 Å². The molecular weight excluding hydrogens is 270 g/mol. The Bertz CT molecular complexity index is 717. The third kappa shape index (κ3) is 2.06. The predicted molar refractivity (Wildman–Crippen MR) is 88.3 cm³/mol. The van der Waals surface area contributed by atoms with E-state index in [0.717, 1.165) is 41.9 Å². The van der Waals surface area contributed by atoms with Crippen LogP contribution in [0.4, 0.5) is 0 Å². The van der Waals surface area contributed by atoms with Crippen LogP contribution in [-0.4, -0.2) is 29.6 Å². The minimum absolute atomic E-state index is 0.743. The molecule has 2 heteroatoms. The quantitative estimate of drug-likeness (QED) is 0.816. The highest BCUT2D eigenvalue weighted by molar-refractivity contribution is 5.81. The van der Waals surface area contributed by atoms with Crippen molar-refractivity contribution in [2.75, 3.05) is 19.6 Å². The van der Waals surface area contributed by atoms with Gasteiger partial charge >= 0.3 is 0 Å². The zero-order chi connectivity index (χ0) is 15.0. The maximum Gasteiger partial charge on any atom is 0.178 e. The number of nitrogens with zero attached hydrogens (tertiary/aromatic N) is 1. The van der Waals surface area contributed by atoms with Crippen molar-refractivity contribution in [3.05, 3.63) is 59.7 Å². The van der Waals surface area contributed by atoms with Crippen LogP contribution < -0.4 is 0 Å². The molecule has 0 spiro atoms. The molecule has 1 aliphatic heterocycles.